The van der Waals surface area contributed by atoms with Crippen molar-refractivity contribution in [2.45, 2.75) is 6.42 Å². The molecule has 4 rings (SSSR count). The SMILES string of the molecule is COc1ccccc1C=C(C(=O)OCC(=O)N1CCc2ccccc21)c1ccccc1. The van der Waals surface area contributed by atoms with Gasteiger partial charge in [-0.2, -0.15) is 0 Å². The van der Waals surface area contributed by atoms with E-state index in [1.54, 1.807) is 18.1 Å². The first kappa shape index (κ1) is 20.4. The molecule has 0 fully saturated rings. The molecule has 0 aromatic heterocycles. The van der Waals surface area contributed by atoms with Crippen LogP contribution in [0.5, 0.6) is 5.75 Å². The fraction of sp³-hybridized carbons (Fsp3) is 0.154. The van der Waals surface area contributed by atoms with E-state index in [0.717, 1.165) is 23.2 Å². The minimum absolute atomic E-state index is 0.233. The highest BCUT2D eigenvalue weighted by molar-refractivity contribution is 6.22. The van der Waals surface area contributed by atoms with Gasteiger partial charge in [0.2, 0.25) is 0 Å². The van der Waals surface area contributed by atoms with Crippen LogP contribution in [0.4, 0.5) is 5.69 Å². The monoisotopic (exact) mass is 413 g/mol. The van der Waals surface area contributed by atoms with Crippen molar-refractivity contribution in [1.82, 2.24) is 0 Å². The molecule has 0 N–H and O–H groups in total. The number of fused-ring (bicyclic) bond motifs is 1. The maximum Gasteiger partial charge on any atom is 0.339 e. The Hall–Kier alpha value is -3.86. The van der Waals surface area contributed by atoms with Crippen LogP contribution in [0.3, 0.4) is 0 Å². The number of carbonyl (C=O) groups excluding carboxylic acids is 2. The lowest BCUT2D eigenvalue weighted by Gasteiger charge is -2.17. The molecule has 156 valence electrons. The van der Waals surface area contributed by atoms with E-state index in [0.29, 0.717) is 23.4 Å². The fourth-order valence-electron chi connectivity index (χ4n) is 3.70. The molecule has 0 saturated heterocycles. The van der Waals surface area contributed by atoms with Gasteiger partial charge in [0.15, 0.2) is 6.61 Å². The third-order valence-corrected chi connectivity index (χ3v) is 5.26. The van der Waals surface area contributed by atoms with Crippen LogP contribution in [-0.2, 0) is 20.7 Å². The fourth-order valence-corrected chi connectivity index (χ4v) is 3.70. The summed E-state index contributed by atoms with van der Waals surface area (Å²) in [6.07, 6.45) is 2.53. The zero-order valence-corrected chi connectivity index (χ0v) is 17.3. The van der Waals surface area contributed by atoms with E-state index in [-0.39, 0.29) is 12.5 Å². The van der Waals surface area contributed by atoms with Crippen molar-refractivity contribution in [3.8, 4) is 5.75 Å². The molecule has 0 unspecified atom stereocenters. The lowest BCUT2D eigenvalue weighted by Crippen LogP contribution is -2.33. The Balaban J connectivity index is 1.55. The number of ether oxygens (including phenoxy) is 2. The van der Waals surface area contributed by atoms with Gasteiger partial charge in [-0.25, -0.2) is 4.79 Å². The van der Waals surface area contributed by atoms with E-state index in [2.05, 4.69) is 0 Å². The van der Waals surface area contributed by atoms with Crippen molar-refractivity contribution in [2.75, 3.05) is 25.2 Å². The molecule has 0 atom stereocenters. The molecule has 0 radical (unpaired) electrons. The summed E-state index contributed by atoms with van der Waals surface area (Å²) in [4.78, 5) is 27.4. The van der Waals surface area contributed by atoms with Crippen LogP contribution >= 0.6 is 0 Å². The average Bonchev–Trinajstić information content (AvgIpc) is 3.26. The average molecular weight is 413 g/mol. The van der Waals surface area contributed by atoms with Crippen molar-refractivity contribution >= 4 is 29.2 Å². The Bertz CT molecular complexity index is 1120. The predicted octanol–water partition coefficient (Wildman–Crippen LogP) is 4.37. The van der Waals surface area contributed by atoms with Crippen molar-refractivity contribution in [3.63, 3.8) is 0 Å². The number of amides is 1. The van der Waals surface area contributed by atoms with Crippen LogP contribution < -0.4 is 9.64 Å². The van der Waals surface area contributed by atoms with E-state index in [1.165, 1.54) is 0 Å². The third-order valence-electron chi connectivity index (χ3n) is 5.26. The number of esters is 1. The van der Waals surface area contributed by atoms with Gasteiger partial charge in [0, 0.05) is 17.8 Å². The first-order valence-corrected chi connectivity index (χ1v) is 10.1. The summed E-state index contributed by atoms with van der Waals surface area (Å²) in [5.41, 5.74) is 3.83. The summed E-state index contributed by atoms with van der Waals surface area (Å²) in [6.45, 7) is 0.279. The molecule has 1 aliphatic heterocycles. The summed E-state index contributed by atoms with van der Waals surface area (Å²) in [7, 11) is 1.58. The highest BCUT2D eigenvalue weighted by Gasteiger charge is 2.25. The van der Waals surface area contributed by atoms with Gasteiger partial charge < -0.3 is 14.4 Å². The van der Waals surface area contributed by atoms with E-state index >= 15 is 0 Å². The number of benzene rings is 3. The van der Waals surface area contributed by atoms with Crippen molar-refractivity contribution in [3.05, 3.63) is 95.6 Å². The van der Waals surface area contributed by atoms with Crippen LogP contribution in [0.2, 0.25) is 0 Å². The minimum Gasteiger partial charge on any atom is -0.496 e. The van der Waals surface area contributed by atoms with E-state index in [9.17, 15) is 9.59 Å². The van der Waals surface area contributed by atoms with Gasteiger partial charge in [-0.3, -0.25) is 4.79 Å². The number of para-hydroxylation sites is 2. The third kappa shape index (κ3) is 4.51. The lowest BCUT2D eigenvalue weighted by molar-refractivity contribution is -0.141. The Labute approximate surface area is 181 Å². The quantitative estimate of drug-likeness (QED) is 0.342. The second-order valence-corrected chi connectivity index (χ2v) is 7.17. The summed E-state index contributed by atoms with van der Waals surface area (Å²) in [5.74, 6) is -0.144. The lowest BCUT2D eigenvalue weighted by atomic mass is 10.0. The maximum atomic E-state index is 13.0. The molecule has 0 bridgehead atoms. The molecule has 1 heterocycles. The van der Waals surface area contributed by atoms with Gasteiger partial charge in [-0.15, -0.1) is 0 Å². The normalized spacial score (nSPS) is 12.9. The summed E-state index contributed by atoms with van der Waals surface area (Å²) >= 11 is 0. The number of nitrogens with zero attached hydrogens (tertiary/aromatic N) is 1. The zero-order valence-electron chi connectivity index (χ0n) is 17.3. The highest BCUT2D eigenvalue weighted by Crippen LogP contribution is 2.28. The Morgan fingerprint density at radius 3 is 2.45 bits per heavy atom. The van der Waals surface area contributed by atoms with Gasteiger partial charge in [0.1, 0.15) is 5.75 Å². The predicted molar refractivity (Wildman–Crippen MR) is 121 cm³/mol. The van der Waals surface area contributed by atoms with Crippen LogP contribution in [0.25, 0.3) is 11.6 Å². The smallest absolute Gasteiger partial charge is 0.339 e. The van der Waals surface area contributed by atoms with E-state index in [4.69, 9.17) is 9.47 Å². The molecular formula is C26H23NO4. The zero-order chi connectivity index (χ0) is 21.6. The standard InChI is InChI=1S/C26H23NO4/c1-30-24-14-8-6-12-21(24)17-22(19-9-3-2-4-10-19)26(29)31-18-25(28)27-16-15-20-11-5-7-13-23(20)27/h2-14,17H,15-16,18H2,1H3. The van der Waals surface area contributed by atoms with E-state index in [1.807, 2.05) is 78.9 Å². The topological polar surface area (TPSA) is 55.8 Å². The minimum atomic E-state index is -0.557. The molecule has 31 heavy (non-hydrogen) atoms. The molecule has 5 nitrogen and oxygen atoms in total. The Morgan fingerprint density at radius 2 is 1.65 bits per heavy atom. The summed E-state index contributed by atoms with van der Waals surface area (Å²) in [5, 5.41) is 0. The van der Waals surface area contributed by atoms with Crippen molar-refractivity contribution in [1.29, 1.82) is 0 Å². The van der Waals surface area contributed by atoms with Crippen LogP contribution in [0.15, 0.2) is 78.9 Å². The number of hydrogen-bond acceptors (Lipinski definition) is 4. The molecule has 3 aromatic rings. The molecule has 3 aromatic carbocycles. The van der Waals surface area contributed by atoms with Gasteiger partial charge >= 0.3 is 5.97 Å². The highest BCUT2D eigenvalue weighted by atomic mass is 16.5. The van der Waals surface area contributed by atoms with Crippen molar-refractivity contribution < 1.29 is 19.1 Å². The molecular weight excluding hydrogens is 390 g/mol. The summed E-state index contributed by atoms with van der Waals surface area (Å²) in [6, 6.07) is 24.5. The Morgan fingerprint density at radius 1 is 0.935 bits per heavy atom. The van der Waals surface area contributed by atoms with E-state index < -0.39 is 5.97 Å². The summed E-state index contributed by atoms with van der Waals surface area (Å²) < 4.78 is 10.9. The molecule has 0 aliphatic carbocycles. The molecule has 0 saturated carbocycles. The Kier molecular flexibility index (Phi) is 6.13. The van der Waals surface area contributed by atoms with Gasteiger partial charge in [0.25, 0.3) is 5.91 Å². The molecule has 1 aliphatic rings. The maximum absolute atomic E-state index is 13.0. The van der Waals surface area contributed by atoms with Crippen LogP contribution in [-0.4, -0.2) is 32.1 Å². The number of carbonyl (C=O) groups is 2. The van der Waals surface area contributed by atoms with Crippen LogP contribution in [0.1, 0.15) is 16.7 Å². The number of rotatable bonds is 6. The second-order valence-electron chi connectivity index (χ2n) is 7.17. The first-order chi connectivity index (χ1) is 15.2. The van der Waals surface area contributed by atoms with Gasteiger partial charge in [-0.05, 0) is 35.8 Å². The molecule has 1 amide bonds. The second kappa shape index (κ2) is 9.30. The van der Waals surface area contributed by atoms with Gasteiger partial charge in [0.05, 0.1) is 12.7 Å². The molecule has 5 heteroatoms. The largest absolute Gasteiger partial charge is 0.496 e. The molecule has 0 spiro atoms. The first-order valence-electron chi connectivity index (χ1n) is 10.1. The van der Waals surface area contributed by atoms with Gasteiger partial charge in [-0.1, -0.05) is 66.7 Å². The van der Waals surface area contributed by atoms with Crippen molar-refractivity contribution in [2.24, 2.45) is 0 Å². The number of hydrogen-bond donors (Lipinski definition) is 0. The number of methoxy groups -OCH3 is 1. The number of anilines is 1. The van der Waals surface area contributed by atoms with Crippen LogP contribution in [0, 0.1) is 0 Å².